The minimum Gasteiger partial charge on any atom is -0.493 e. The van der Waals surface area contributed by atoms with Gasteiger partial charge >= 0.3 is 0 Å². The molecule has 0 saturated carbocycles. The number of fused-ring (bicyclic) bond motifs is 1. The van der Waals surface area contributed by atoms with E-state index in [1.807, 2.05) is 18.3 Å². The number of amides is 1. The van der Waals surface area contributed by atoms with Gasteiger partial charge < -0.3 is 25.4 Å². The molecule has 5 rings (SSSR count). The summed E-state index contributed by atoms with van der Waals surface area (Å²) in [5.74, 6) is 1.11. The second-order valence-corrected chi connectivity index (χ2v) is 8.43. The van der Waals surface area contributed by atoms with Crippen molar-refractivity contribution in [1.29, 1.82) is 5.26 Å². The fourth-order valence-electron chi connectivity index (χ4n) is 4.38. The molecule has 1 fully saturated rings. The molecule has 3 N–H and O–H groups in total. The lowest BCUT2D eigenvalue weighted by atomic mass is 10.1. The fourth-order valence-corrected chi connectivity index (χ4v) is 4.38. The number of ether oxygens (including phenoxy) is 2. The number of carbonyl (C=O) groups is 1. The van der Waals surface area contributed by atoms with Gasteiger partial charge in [0.05, 0.1) is 31.8 Å². The highest BCUT2D eigenvalue weighted by Crippen LogP contribution is 2.33. The van der Waals surface area contributed by atoms with Gasteiger partial charge in [0.15, 0.2) is 34.7 Å². The Morgan fingerprint density at radius 1 is 1.13 bits per heavy atom. The number of nitrogens with zero attached hydrogens (tertiary/aromatic N) is 7. The molecule has 2 aromatic carbocycles. The van der Waals surface area contributed by atoms with Crippen LogP contribution in [0, 0.1) is 11.5 Å². The molecule has 12 nitrogen and oxygen atoms in total. The van der Waals surface area contributed by atoms with Crippen LogP contribution in [-0.4, -0.2) is 65.7 Å². The third kappa shape index (κ3) is 4.58. The minimum absolute atomic E-state index is 0.00518. The van der Waals surface area contributed by atoms with Crippen LogP contribution < -0.4 is 30.3 Å². The molecule has 0 spiro atoms. The second kappa shape index (κ2) is 10.5. The number of carbonyl (C=O) groups excluding carboxylic acids is 1. The quantitative estimate of drug-likeness (QED) is 0.288. The number of rotatable bonds is 6. The lowest BCUT2D eigenvalue weighted by Gasteiger charge is -2.37. The van der Waals surface area contributed by atoms with Gasteiger partial charge in [-0.1, -0.05) is 18.2 Å². The van der Waals surface area contributed by atoms with Gasteiger partial charge in [0.25, 0.3) is 5.91 Å². The van der Waals surface area contributed by atoms with Crippen LogP contribution in [0.3, 0.4) is 0 Å². The van der Waals surface area contributed by atoms with Crippen LogP contribution in [0.5, 0.6) is 11.5 Å². The number of aromatic nitrogens is 4. The lowest BCUT2D eigenvalue weighted by Crippen LogP contribution is -2.58. The molecule has 0 bridgehead atoms. The molecule has 1 unspecified atom stereocenters. The fraction of sp³-hybridized carbons (Fsp3) is 0.231. The molecule has 1 saturated heterocycles. The van der Waals surface area contributed by atoms with Crippen molar-refractivity contribution < 1.29 is 14.3 Å². The zero-order chi connectivity index (χ0) is 26.6. The monoisotopic (exact) mass is 511 g/mol. The summed E-state index contributed by atoms with van der Waals surface area (Å²) in [6, 6.07) is 13.5. The normalized spacial score (nSPS) is 15.1. The third-order valence-corrected chi connectivity index (χ3v) is 6.22. The molecule has 4 aromatic rings. The smallest absolute Gasteiger partial charge is 0.264 e. The maximum atomic E-state index is 13.6. The number of nitriles is 1. The molecule has 1 aliphatic heterocycles. The number of hydrogen-bond acceptors (Lipinski definition) is 11. The van der Waals surface area contributed by atoms with E-state index in [0.29, 0.717) is 59.5 Å². The summed E-state index contributed by atoms with van der Waals surface area (Å²) >= 11 is 0. The van der Waals surface area contributed by atoms with Gasteiger partial charge in [-0.15, -0.1) is 0 Å². The molecule has 12 heteroatoms. The van der Waals surface area contributed by atoms with Crippen molar-refractivity contribution in [3.8, 4) is 28.9 Å². The number of hydrogen-bond donors (Lipinski definition) is 2. The third-order valence-electron chi connectivity index (χ3n) is 6.22. The van der Waals surface area contributed by atoms with Crippen molar-refractivity contribution in [2.75, 3.05) is 49.4 Å². The first-order chi connectivity index (χ1) is 18.5. The molecular formula is C26H25N9O3. The Balaban J connectivity index is 1.59. The van der Waals surface area contributed by atoms with Crippen molar-refractivity contribution in [1.82, 2.24) is 25.3 Å². The molecule has 38 heavy (non-hydrogen) atoms. The van der Waals surface area contributed by atoms with E-state index < -0.39 is 11.9 Å². The molecule has 192 valence electrons. The molecule has 2 aromatic heterocycles. The summed E-state index contributed by atoms with van der Waals surface area (Å²) in [6.07, 6.45) is 3.60. The van der Waals surface area contributed by atoms with E-state index in [4.69, 9.17) is 20.2 Å². The zero-order valence-corrected chi connectivity index (χ0v) is 20.8. The topological polar surface area (TPSA) is 155 Å². The predicted octanol–water partition coefficient (Wildman–Crippen LogP) is 1.98. The van der Waals surface area contributed by atoms with Gasteiger partial charge in [-0.3, -0.25) is 4.79 Å². The number of anilines is 3. The number of nitrogen functional groups attached to an aromatic ring is 1. The van der Waals surface area contributed by atoms with Gasteiger partial charge in [-0.2, -0.15) is 15.2 Å². The number of methoxy groups -OCH3 is 2. The zero-order valence-electron chi connectivity index (χ0n) is 20.8. The van der Waals surface area contributed by atoms with E-state index >= 15 is 0 Å². The van der Waals surface area contributed by atoms with Crippen LogP contribution in [-0.2, 0) is 4.79 Å². The molecule has 1 atom stereocenters. The molecule has 1 aliphatic rings. The van der Waals surface area contributed by atoms with Crippen LogP contribution in [0.2, 0.25) is 0 Å². The average molecular weight is 512 g/mol. The summed E-state index contributed by atoms with van der Waals surface area (Å²) < 4.78 is 10.8. The Kier molecular flexibility index (Phi) is 6.84. The van der Waals surface area contributed by atoms with Crippen LogP contribution >= 0.6 is 0 Å². The van der Waals surface area contributed by atoms with E-state index in [1.165, 1.54) is 0 Å². The van der Waals surface area contributed by atoms with Crippen LogP contribution in [0.15, 0.2) is 54.7 Å². The summed E-state index contributed by atoms with van der Waals surface area (Å²) in [5.41, 5.74) is 8.49. The van der Waals surface area contributed by atoms with Crippen LogP contribution in [0.25, 0.3) is 22.4 Å². The summed E-state index contributed by atoms with van der Waals surface area (Å²) in [6.45, 7) is 1.33. The Bertz CT molecular complexity index is 1520. The summed E-state index contributed by atoms with van der Waals surface area (Å²) in [7, 11) is 3.13. The van der Waals surface area contributed by atoms with Crippen LogP contribution in [0.1, 0.15) is 0 Å². The maximum absolute atomic E-state index is 13.6. The van der Waals surface area contributed by atoms with Gasteiger partial charge in [0.2, 0.25) is 5.95 Å². The van der Waals surface area contributed by atoms with Crippen molar-refractivity contribution >= 4 is 34.5 Å². The van der Waals surface area contributed by atoms with E-state index in [-0.39, 0.29) is 5.95 Å². The van der Waals surface area contributed by atoms with Crippen LogP contribution in [0.4, 0.5) is 17.5 Å². The van der Waals surface area contributed by atoms with Crippen molar-refractivity contribution in [3.63, 3.8) is 0 Å². The number of nitrogens with one attached hydrogen (secondary N) is 1. The standard InChI is InChI=1S/C26H25N9O3/c1-37-20-9-8-16(12-21(20)38-2)18-13-30-23-22(31-18)24(33-26(28)32-23)34-11-10-29-14-19(34)25(36)35(15-27)17-6-4-3-5-7-17/h3-9,12-13,19,29H,10-11,14H2,1-2H3,(H2,28,30,32,33). The van der Waals surface area contributed by atoms with Gasteiger partial charge in [-0.05, 0) is 30.3 Å². The molecular weight excluding hydrogens is 486 g/mol. The Morgan fingerprint density at radius 3 is 2.66 bits per heavy atom. The maximum Gasteiger partial charge on any atom is 0.264 e. The molecule has 0 radical (unpaired) electrons. The Morgan fingerprint density at radius 2 is 1.92 bits per heavy atom. The van der Waals surface area contributed by atoms with Gasteiger partial charge in [-0.25, -0.2) is 14.9 Å². The highest BCUT2D eigenvalue weighted by molar-refractivity contribution is 6.02. The van der Waals surface area contributed by atoms with E-state index in [9.17, 15) is 10.1 Å². The summed E-state index contributed by atoms with van der Waals surface area (Å²) in [4.78, 5) is 34.6. The SMILES string of the molecule is COc1ccc(-c2cnc3nc(N)nc(N4CCNCC4C(=O)N(C#N)c4ccccc4)c3n2)cc1OC. The number of para-hydroxylation sites is 1. The Hall–Kier alpha value is -5.02. The first-order valence-corrected chi connectivity index (χ1v) is 11.8. The largest absolute Gasteiger partial charge is 0.493 e. The first kappa shape index (κ1) is 24.7. The minimum atomic E-state index is -0.743. The van der Waals surface area contributed by atoms with Gasteiger partial charge in [0, 0.05) is 25.2 Å². The second-order valence-electron chi connectivity index (χ2n) is 8.43. The van der Waals surface area contributed by atoms with Crippen molar-refractivity contribution in [2.24, 2.45) is 0 Å². The first-order valence-electron chi connectivity index (χ1n) is 11.8. The predicted molar refractivity (Wildman–Crippen MR) is 142 cm³/mol. The number of nitrogens with two attached hydrogens (primary N) is 1. The van der Waals surface area contributed by atoms with Crippen molar-refractivity contribution in [3.05, 3.63) is 54.7 Å². The number of benzene rings is 2. The van der Waals surface area contributed by atoms with E-state index in [2.05, 4.69) is 20.3 Å². The van der Waals surface area contributed by atoms with Crippen molar-refractivity contribution in [2.45, 2.75) is 6.04 Å². The van der Waals surface area contributed by atoms with E-state index in [0.717, 1.165) is 10.5 Å². The molecule has 1 amide bonds. The average Bonchev–Trinajstić information content (AvgIpc) is 2.97. The molecule has 3 heterocycles. The summed E-state index contributed by atoms with van der Waals surface area (Å²) in [5, 5.41) is 13.1. The highest BCUT2D eigenvalue weighted by atomic mass is 16.5. The Labute approximate surface area is 218 Å². The van der Waals surface area contributed by atoms with E-state index in [1.54, 1.807) is 61.7 Å². The lowest BCUT2D eigenvalue weighted by molar-refractivity contribution is -0.119. The highest BCUT2D eigenvalue weighted by Gasteiger charge is 2.35. The molecule has 0 aliphatic carbocycles. The number of piperazine rings is 1. The van der Waals surface area contributed by atoms with Gasteiger partial charge in [0.1, 0.15) is 6.04 Å².